The summed E-state index contributed by atoms with van der Waals surface area (Å²) < 4.78 is 9.47. The number of ketones is 1. The Morgan fingerprint density at radius 1 is 1.13 bits per heavy atom. The van der Waals surface area contributed by atoms with E-state index < -0.39 is 23.3 Å². The average Bonchev–Trinajstić information content (AvgIpc) is 3.20. The molecular weight excluding hydrogens is 444 g/mol. The number of carbonyl (C=O) groups excluding carboxylic acids is 5. The highest BCUT2D eigenvalue weighted by Gasteiger charge is 2.32. The third-order valence-corrected chi connectivity index (χ3v) is 6.58. The highest BCUT2D eigenvalue weighted by Crippen LogP contribution is 2.35. The van der Waals surface area contributed by atoms with Crippen molar-refractivity contribution in [2.75, 3.05) is 31.8 Å². The molecule has 0 atom stereocenters. The van der Waals surface area contributed by atoms with Gasteiger partial charge in [0, 0.05) is 11.5 Å². The lowest BCUT2D eigenvalue weighted by atomic mass is 9.91. The van der Waals surface area contributed by atoms with E-state index in [0.29, 0.717) is 10.6 Å². The van der Waals surface area contributed by atoms with Crippen molar-refractivity contribution in [3.05, 3.63) is 27.1 Å². The van der Waals surface area contributed by atoms with E-state index in [9.17, 15) is 24.0 Å². The standard InChI is InChI=1S/C20H24N2O7S2/c1-10-15(18(26)28-5)17(31-16(10)19(27)29-6)21-12(24)8-22-13(25)9-30-14(22)7-11(23)20(2,3)4/h7H,8-9H2,1-6H3,(H,21,24)/b14-7-. The third kappa shape index (κ3) is 5.53. The number of esters is 2. The minimum absolute atomic E-state index is 0.0436. The van der Waals surface area contributed by atoms with Gasteiger partial charge in [-0.25, -0.2) is 9.59 Å². The van der Waals surface area contributed by atoms with Gasteiger partial charge in [0.25, 0.3) is 0 Å². The Morgan fingerprint density at radius 3 is 2.29 bits per heavy atom. The van der Waals surface area contributed by atoms with E-state index >= 15 is 0 Å². The Bertz CT molecular complexity index is 973. The summed E-state index contributed by atoms with van der Waals surface area (Å²) in [5, 5.41) is 3.08. The number of nitrogens with zero attached hydrogens (tertiary/aromatic N) is 1. The molecule has 0 radical (unpaired) electrons. The number of thioether (sulfide) groups is 1. The maximum atomic E-state index is 12.7. The van der Waals surface area contributed by atoms with Crippen molar-refractivity contribution in [3.8, 4) is 0 Å². The monoisotopic (exact) mass is 468 g/mol. The van der Waals surface area contributed by atoms with Crippen LogP contribution < -0.4 is 5.32 Å². The maximum absolute atomic E-state index is 12.7. The number of amides is 2. The zero-order valence-electron chi connectivity index (χ0n) is 18.1. The van der Waals surface area contributed by atoms with Gasteiger partial charge in [-0.1, -0.05) is 32.5 Å². The van der Waals surface area contributed by atoms with Crippen LogP contribution in [0, 0.1) is 12.3 Å². The van der Waals surface area contributed by atoms with Gasteiger partial charge in [-0.05, 0) is 12.5 Å². The second-order valence-electron chi connectivity index (χ2n) is 7.66. The van der Waals surface area contributed by atoms with E-state index in [2.05, 4.69) is 5.32 Å². The molecular formula is C20H24N2O7S2. The van der Waals surface area contributed by atoms with Crippen LogP contribution >= 0.6 is 23.1 Å². The number of allylic oxidation sites excluding steroid dienone is 1. The topological polar surface area (TPSA) is 119 Å². The van der Waals surface area contributed by atoms with E-state index in [-0.39, 0.29) is 39.4 Å². The van der Waals surface area contributed by atoms with Crippen LogP contribution in [0.15, 0.2) is 11.1 Å². The highest BCUT2D eigenvalue weighted by molar-refractivity contribution is 8.04. The van der Waals surface area contributed by atoms with Crippen molar-refractivity contribution in [3.63, 3.8) is 0 Å². The van der Waals surface area contributed by atoms with Gasteiger partial charge in [0.1, 0.15) is 16.4 Å². The van der Waals surface area contributed by atoms with Gasteiger partial charge in [0.15, 0.2) is 5.78 Å². The Balaban J connectivity index is 2.28. The van der Waals surface area contributed by atoms with Crippen LogP contribution in [0.2, 0.25) is 0 Å². The van der Waals surface area contributed by atoms with Crippen LogP contribution in [0.4, 0.5) is 5.00 Å². The number of carbonyl (C=O) groups is 5. The molecule has 1 aromatic rings. The van der Waals surface area contributed by atoms with Crippen LogP contribution in [-0.4, -0.2) is 61.0 Å². The first kappa shape index (κ1) is 24.6. The smallest absolute Gasteiger partial charge is 0.348 e. The van der Waals surface area contributed by atoms with Crippen molar-refractivity contribution >= 4 is 57.6 Å². The van der Waals surface area contributed by atoms with E-state index in [1.54, 1.807) is 27.7 Å². The minimum Gasteiger partial charge on any atom is -0.465 e. The Labute approximate surface area is 188 Å². The van der Waals surface area contributed by atoms with Crippen LogP contribution in [0.3, 0.4) is 0 Å². The summed E-state index contributed by atoms with van der Waals surface area (Å²) in [7, 11) is 2.40. The molecule has 0 unspecified atom stereocenters. The lowest BCUT2D eigenvalue weighted by Crippen LogP contribution is -2.34. The van der Waals surface area contributed by atoms with Crippen LogP contribution in [-0.2, 0) is 23.9 Å². The molecule has 1 saturated heterocycles. The van der Waals surface area contributed by atoms with Gasteiger partial charge < -0.3 is 14.8 Å². The van der Waals surface area contributed by atoms with Crippen LogP contribution in [0.1, 0.15) is 46.4 Å². The summed E-state index contributed by atoms with van der Waals surface area (Å²) >= 11 is 2.06. The summed E-state index contributed by atoms with van der Waals surface area (Å²) in [6, 6.07) is 0. The van der Waals surface area contributed by atoms with Crippen molar-refractivity contribution in [2.24, 2.45) is 5.41 Å². The fourth-order valence-corrected chi connectivity index (χ4v) is 4.64. The SMILES string of the molecule is COC(=O)c1sc(NC(=O)CN2C(=O)CS/C2=C\C(=O)C(C)(C)C)c(C(=O)OC)c1C. The largest absolute Gasteiger partial charge is 0.465 e. The molecule has 1 N–H and O–H groups in total. The molecule has 0 spiro atoms. The van der Waals surface area contributed by atoms with E-state index in [4.69, 9.17) is 9.47 Å². The minimum atomic E-state index is -0.719. The second kappa shape index (κ2) is 9.65. The second-order valence-corrected chi connectivity index (χ2v) is 9.67. The van der Waals surface area contributed by atoms with Gasteiger partial charge in [-0.3, -0.25) is 19.3 Å². The molecule has 0 aromatic carbocycles. The number of nitrogens with one attached hydrogen (secondary N) is 1. The van der Waals surface area contributed by atoms with Gasteiger partial charge in [0.2, 0.25) is 11.8 Å². The van der Waals surface area contributed by atoms with Crippen molar-refractivity contribution < 1.29 is 33.4 Å². The molecule has 168 valence electrons. The van der Waals surface area contributed by atoms with Crippen molar-refractivity contribution in [1.82, 2.24) is 4.90 Å². The molecule has 1 aliphatic rings. The summed E-state index contributed by atoms with van der Waals surface area (Å²) in [6.45, 7) is 6.48. The fourth-order valence-electron chi connectivity index (χ4n) is 2.58. The van der Waals surface area contributed by atoms with Crippen molar-refractivity contribution in [1.29, 1.82) is 0 Å². The summed E-state index contributed by atoms with van der Waals surface area (Å²) in [6.07, 6.45) is 1.37. The molecule has 2 amide bonds. The first-order chi connectivity index (χ1) is 14.4. The number of hydrogen-bond donors (Lipinski definition) is 1. The predicted molar refractivity (Wildman–Crippen MR) is 117 cm³/mol. The fraction of sp³-hybridized carbons (Fsp3) is 0.450. The van der Waals surface area contributed by atoms with Crippen molar-refractivity contribution in [2.45, 2.75) is 27.7 Å². The van der Waals surface area contributed by atoms with Gasteiger partial charge in [-0.15, -0.1) is 11.3 Å². The Morgan fingerprint density at radius 2 is 1.74 bits per heavy atom. The molecule has 1 aliphatic heterocycles. The van der Waals surface area contributed by atoms with Gasteiger partial charge in [-0.2, -0.15) is 0 Å². The average molecular weight is 469 g/mol. The number of rotatable bonds is 6. The molecule has 0 saturated carbocycles. The van der Waals surface area contributed by atoms with E-state index in [0.717, 1.165) is 11.3 Å². The molecule has 11 heteroatoms. The molecule has 2 heterocycles. The number of ether oxygens (including phenoxy) is 2. The van der Waals surface area contributed by atoms with Crippen LogP contribution in [0.5, 0.6) is 0 Å². The number of thiophene rings is 1. The molecule has 2 rings (SSSR count). The van der Waals surface area contributed by atoms with Gasteiger partial charge in [0.05, 0.1) is 30.6 Å². The number of hydrogen-bond acceptors (Lipinski definition) is 9. The zero-order valence-corrected chi connectivity index (χ0v) is 19.7. The number of anilines is 1. The molecule has 9 nitrogen and oxygen atoms in total. The predicted octanol–water partition coefficient (Wildman–Crippen LogP) is 2.60. The third-order valence-electron chi connectivity index (χ3n) is 4.37. The quantitative estimate of drug-likeness (QED) is 0.500. The number of methoxy groups -OCH3 is 2. The molecule has 31 heavy (non-hydrogen) atoms. The zero-order chi connectivity index (χ0) is 23.5. The first-order valence-electron chi connectivity index (χ1n) is 9.19. The lowest BCUT2D eigenvalue weighted by molar-refractivity contribution is -0.129. The molecule has 1 aromatic heterocycles. The summed E-state index contributed by atoms with van der Waals surface area (Å²) in [5.41, 5.74) is -0.258. The first-order valence-corrected chi connectivity index (χ1v) is 11.0. The molecule has 1 fully saturated rings. The Hall–Kier alpha value is -2.66. The highest BCUT2D eigenvalue weighted by atomic mass is 32.2. The lowest BCUT2D eigenvalue weighted by Gasteiger charge is -2.19. The van der Waals surface area contributed by atoms with Crippen LogP contribution in [0.25, 0.3) is 0 Å². The molecule has 0 bridgehead atoms. The summed E-state index contributed by atoms with van der Waals surface area (Å²) in [5.74, 6) is -2.31. The summed E-state index contributed by atoms with van der Waals surface area (Å²) in [4.78, 5) is 62.8. The Kier molecular flexibility index (Phi) is 7.66. The van der Waals surface area contributed by atoms with E-state index in [1.165, 1.54) is 37.0 Å². The molecule has 0 aliphatic carbocycles. The van der Waals surface area contributed by atoms with E-state index in [1.807, 2.05) is 0 Å². The normalized spacial score (nSPS) is 15.2. The maximum Gasteiger partial charge on any atom is 0.348 e. The van der Waals surface area contributed by atoms with Gasteiger partial charge >= 0.3 is 11.9 Å².